The Labute approximate surface area is 177 Å². The summed E-state index contributed by atoms with van der Waals surface area (Å²) >= 11 is 12.6. The Kier molecular flexibility index (Phi) is 6.61. The third-order valence-electron chi connectivity index (χ3n) is 6.53. The van der Waals surface area contributed by atoms with Crippen LogP contribution in [0.15, 0.2) is 24.4 Å². The van der Waals surface area contributed by atoms with Gasteiger partial charge in [-0.05, 0) is 50.2 Å². The Morgan fingerprint density at radius 2 is 2.07 bits per heavy atom. The average Bonchev–Trinajstić information content (AvgIpc) is 3.11. The van der Waals surface area contributed by atoms with Crippen molar-refractivity contribution >= 4 is 29.1 Å². The quantitative estimate of drug-likeness (QED) is 0.575. The van der Waals surface area contributed by atoms with Gasteiger partial charge in [0.25, 0.3) is 0 Å². The topological polar surface area (TPSA) is 32.3 Å². The van der Waals surface area contributed by atoms with E-state index in [1.807, 2.05) is 0 Å². The number of allylic oxidation sites excluding steroid dienone is 1. The first-order valence-electron chi connectivity index (χ1n) is 10.1. The molecule has 0 bridgehead atoms. The highest BCUT2D eigenvalue weighted by atomic mass is 35.5. The highest BCUT2D eigenvalue weighted by Crippen LogP contribution is 2.50. The lowest BCUT2D eigenvalue weighted by molar-refractivity contribution is -0.127. The first-order valence-corrected chi connectivity index (χ1v) is 10.9. The minimum atomic E-state index is -0.494. The predicted octanol–water partition coefficient (Wildman–Crippen LogP) is 6.12. The highest BCUT2D eigenvalue weighted by Gasteiger charge is 2.42. The van der Waals surface area contributed by atoms with Crippen molar-refractivity contribution in [2.45, 2.75) is 58.4 Å². The molecule has 6 heteroatoms. The van der Waals surface area contributed by atoms with Gasteiger partial charge in [0.15, 0.2) is 0 Å². The molecule has 1 N–H and O–H groups in total. The Balaban J connectivity index is 1.88. The van der Waals surface area contributed by atoms with E-state index in [9.17, 15) is 9.18 Å². The molecule has 1 aliphatic carbocycles. The summed E-state index contributed by atoms with van der Waals surface area (Å²) in [7, 11) is 0. The molecule has 1 saturated carbocycles. The first-order chi connectivity index (χ1) is 13.3. The fourth-order valence-corrected chi connectivity index (χ4v) is 5.15. The SMILES string of the molecule is C=C1C[C@H](C(=O)N[C@H](c2c(F)ccc(Cl)c2Cl)C2(C)CCCC2)CCN1CC. The number of hydrogen-bond donors (Lipinski definition) is 1. The van der Waals surface area contributed by atoms with Crippen LogP contribution >= 0.6 is 23.2 Å². The fourth-order valence-electron chi connectivity index (χ4n) is 4.72. The van der Waals surface area contributed by atoms with Crippen LogP contribution in [0.25, 0.3) is 0 Å². The number of carbonyl (C=O) groups excluding carboxylic acids is 1. The largest absolute Gasteiger partial charge is 0.376 e. The van der Waals surface area contributed by atoms with E-state index in [0.717, 1.165) is 50.9 Å². The van der Waals surface area contributed by atoms with Gasteiger partial charge in [-0.3, -0.25) is 4.79 Å². The molecule has 1 aliphatic heterocycles. The maximum absolute atomic E-state index is 14.8. The summed E-state index contributed by atoms with van der Waals surface area (Å²) in [6, 6.07) is 2.30. The second kappa shape index (κ2) is 8.62. The minimum Gasteiger partial charge on any atom is -0.376 e. The van der Waals surface area contributed by atoms with Gasteiger partial charge in [-0.2, -0.15) is 0 Å². The molecule has 0 radical (unpaired) electrons. The molecule has 28 heavy (non-hydrogen) atoms. The smallest absolute Gasteiger partial charge is 0.224 e. The first kappa shape index (κ1) is 21.4. The summed E-state index contributed by atoms with van der Waals surface area (Å²) in [5.41, 5.74) is 1.06. The van der Waals surface area contributed by atoms with Gasteiger partial charge < -0.3 is 10.2 Å². The van der Waals surface area contributed by atoms with E-state index in [1.54, 1.807) is 0 Å². The number of piperidine rings is 1. The average molecular weight is 427 g/mol. The number of nitrogens with zero attached hydrogens (tertiary/aromatic N) is 1. The summed E-state index contributed by atoms with van der Waals surface area (Å²) in [5.74, 6) is -0.618. The number of carbonyl (C=O) groups is 1. The zero-order chi connectivity index (χ0) is 20.5. The molecular formula is C22H29Cl2FN2O. The molecule has 1 saturated heterocycles. The van der Waals surface area contributed by atoms with E-state index in [0.29, 0.717) is 17.0 Å². The Bertz CT molecular complexity index is 761. The van der Waals surface area contributed by atoms with Crippen molar-refractivity contribution in [1.29, 1.82) is 0 Å². The monoisotopic (exact) mass is 426 g/mol. The lowest BCUT2D eigenvalue weighted by Gasteiger charge is -2.39. The highest BCUT2D eigenvalue weighted by molar-refractivity contribution is 6.42. The second-order valence-corrected chi connectivity index (χ2v) is 9.18. The van der Waals surface area contributed by atoms with E-state index < -0.39 is 11.9 Å². The van der Waals surface area contributed by atoms with E-state index >= 15 is 0 Å². The van der Waals surface area contributed by atoms with Crippen LogP contribution in [-0.4, -0.2) is 23.9 Å². The molecule has 1 heterocycles. The Hall–Kier alpha value is -1.26. The Morgan fingerprint density at radius 3 is 2.68 bits per heavy atom. The van der Waals surface area contributed by atoms with Crippen LogP contribution in [0.3, 0.4) is 0 Å². The maximum Gasteiger partial charge on any atom is 0.224 e. The van der Waals surface area contributed by atoms with Crippen LogP contribution in [0.4, 0.5) is 4.39 Å². The second-order valence-electron chi connectivity index (χ2n) is 8.40. The molecule has 3 rings (SSSR count). The van der Waals surface area contributed by atoms with Gasteiger partial charge in [-0.1, -0.05) is 49.5 Å². The van der Waals surface area contributed by atoms with E-state index in [2.05, 4.69) is 30.6 Å². The lowest BCUT2D eigenvalue weighted by Crippen LogP contribution is -2.44. The number of likely N-dealkylation sites (tertiary alicyclic amines) is 1. The number of rotatable bonds is 5. The van der Waals surface area contributed by atoms with Crippen LogP contribution in [0.2, 0.25) is 10.0 Å². The van der Waals surface area contributed by atoms with Crippen molar-refractivity contribution in [3.63, 3.8) is 0 Å². The summed E-state index contributed by atoms with van der Waals surface area (Å²) in [5, 5.41) is 3.67. The number of halogens is 3. The van der Waals surface area contributed by atoms with E-state index in [4.69, 9.17) is 23.2 Å². The van der Waals surface area contributed by atoms with Crippen LogP contribution in [0.1, 0.15) is 64.0 Å². The van der Waals surface area contributed by atoms with E-state index in [-0.39, 0.29) is 22.3 Å². The third kappa shape index (κ3) is 4.18. The number of nitrogens with one attached hydrogen (secondary N) is 1. The standard InChI is InChI=1S/C22H29Cl2FN2O/c1-4-27-12-9-15(13-14(27)2)21(28)26-20(22(3)10-5-6-11-22)18-17(25)8-7-16(23)19(18)24/h7-8,15,20H,2,4-6,9-13H2,1,3H3,(H,26,28)/t15-,20-/m1/s1. The van der Waals surface area contributed by atoms with Crippen LogP contribution in [0.5, 0.6) is 0 Å². The fraction of sp³-hybridized carbons (Fsp3) is 0.591. The molecular weight excluding hydrogens is 398 g/mol. The molecule has 1 aromatic carbocycles. The van der Waals surface area contributed by atoms with Crippen LogP contribution in [0, 0.1) is 17.2 Å². The zero-order valence-corrected chi connectivity index (χ0v) is 18.2. The Morgan fingerprint density at radius 1 is 1.39 bits per heavy atom. The van der Waals surface area contributed by atoms with Gasteiger partial charge >= 0.3 is 0 Å². The van der Waals surface area contributed by atoms with Crippen molar-refractivity contribution in [1.82, 2.24) is 10.2 Å². The van der Waals surface area contributed by atoms with Crippen molar-refractivity contribution in [3.05, 3.63) is 45.8 Å². The van der Waals surface area contributed by atoms with Gasteiger partial charge in [-0.25, -0.2) is 4.39 Å². The molecule has 154 valence electrons. The summed E-state index contributed by atoms with van der Waals surface area (Å²) < 4.78 is 14.8. The molecule has 3 nitrogen and oxygen atoms in total. The zero-order valence-electron chi connectivity index (χ0n) is 16.7. The van der Waals surface area contributed by atoms with Crippen molar-refractivity contribution in [2.24, 2.45) is 11.3 Å². The van der Waals surface area contributed by atoms with Gasteiger partial charge in [0, 0.05) is 30.3 Å². The van der Waals surface area contributed by atoms with Crippen molar-refractivity contribution in [2.75, 3.05) is 13.1 Å². The number of benzene rings is 1. The third-order valence-corrected chi connectivity index (χ3v) is 7.35. The molecule has 1 aromatic rings. The number of amides is 1. The lowest BCUT2D eigenvalue weighted by atomic mass is 9.76. The van der Waals surface area contributed by atoms with E-state index in [1.165, 1.54) is 12.1 Å². The van der Waals surface area contributed by atoms with Crippen molar-refractivity contribution < 1.29 is 9.18 Å². The summed E-state index contributed by atoms with van der Waals surface area (Å²) in [6.45, 7) is 10.0. The van der Waals surface area contributed by atoms with Gasteiger partial charge in [-0.15, -0.1) is 0 Å². The molecule has 0 spiro atoms. The van der Waals surface area contributed by atoms with Gasteiger partial charge in [0.1, 0.15) is 5.82 Å². The maximum atomic E-state index is 14.8. The molecule has 0 aromatic heterocycles. The summed E-state index contributed by atoms with van der Waals surface area (Å²) in [6.07, 6.45) is 5.37. The normalized spacial score (nSPS) is 23.0. The molecule has 2 atom stereocenters. The minimum absolute atomic E-state index is 0.0505. The molecule has 1 amide bonds. The van der Waals surface area contributed by atoms with Gasteiger partial charge in [0.05, 0.1) is 16.1 Å². The van der Waals surface area contributed by atoms with Crippen molar-refractivity contribution in [3.8, 4) is 0 Å². The summed E-state index contributed by atoms with van der Waals surface area (Å²) in [4.78, 5) is 15.4. The molecule has 2 aliphatic rings. The number of hydrogen-bond acceptors (Lipinski definition) is 2. The molecule has 2 fully saturated rings. The van der Waals surface area contributed by atoms with Crippen LogP contribution < -0.4 is 5.32 Å². The van der Waals surface area contributed by atoms with Crippen LogP contribution in [-0.2, 0) is 4.79 Å². The predicted molar refractivity (Wildman–Crippen MR) is 113 cm³/mol. The molecule has 0 unspecified atom stereocenters. The van der Waals surface area contributed by atoms with Gasteiger partial charge in [0.2, 0.25) is 5.91 Å².